The van der Waals surface area contributed by atoms with Crippen LogP contribution >= 0.6 is 0 Å². The van der Waals surface area contributed by atoms with E-state index in [-0.39, 0.29) is 0 Å². The first-order valence-corrected chi connectivity index (χ1v) is 7.12. The molecule has 21 heteroatoms. The van der Waals surface area contributed by atoms with E-state index in [1.54, 1.807) is 0 Å². The van der Waals surface area contributed by atoms with Crippen LogP contribution in [0.2, 0.25) is 0 Å². The van der Waals surface area contributed by atoms with Gasteiger partial charge in [0.15, 0.2) is 0 Å². The Morgan fingerprint density at radius 3 is 0.862 bits per heavy atom. The van der Waals surface area contributed by atoms with Gasteiger partial charge < -0.3 is 0 Å². The summed E-state index contributed by atoms with van der Waals surface area (Å²) in [6.45, 7) is 0. The van der Waals surface area contributed by atoms with Crippen LogP contribution in [0.1, 0.15) is 0 Å². The lowest BCUT2D eigenvalue weighted by atomic mass is 9.71. The Balaban J connectivity index is 8.26. The van der Waals surface area contributed by atoms with Crippen molar-refractivity contribution in [2.75, 3.05) is 0 Å². The third kappa shape index (κ3) is 3.26. The van der Waals surface area contributed by atoms with E-state index in [1.165, 1.54) is 0 Å². The normalized spacial score (nSPS) is 18.6. The van der Waals surface area contributed by atoms with E-state index in [9.17, 15) is 83.1 Å². The molecular formula is C8HF17O3S. The zero-order valence-electron chi connectivity index (χ0n) is 12.1. The zero-order valence-corrected chi connectivity index (χ0v) is 12.9. The number of hydrogen-bond acceptors (Lipinski definition) is 2. The zero-order chi connectivity index (χ0) is 24.5. The summed E-state index contributed by atoms with van der Waals surface area (Å²) in [4.78, 5) is 0. The molecule has 3 nitrogen and oxygen atoms in total. The Kier molecular flexibility index (Phi) is 6.08. The largest absolute Gasteiger partial charge is 0.459 e. The maximum Gasteiger partial charge on any atom is 0.459 e. The highest BCUT2D eigenvalue weighted by atomic mass is 32.2. The lowest BCUT2D eigenvalue weighted by molar-refractivity contribution is -0.491. The SMILES string of the molecule is O=S(=O)(O)C(F)(C(F)(F)F)C(C(F)(F)F)(C(F)(F)F)C(F)(F)C(F)(F)C(F)(F)F. The van der Waals surface area contributed by atoms with Crippen LogP contribution < -0.4 is 0 Å². The molecule has 0 fully saturated rings. The Bertz CT molecular complexity index is 708. The highest BCUT2D eigenvalue weighted by Gasteiger charge is 3.04. The molecule has 0 bridgehead atoms. The molecule has 0 heterocycles. The fourth-order valence-electron chi connectivity index (χ4n) is 2.05. The van der Waals surface area contributed by atoms with Crippen molar-refractivity contribution in [2.24, 2.45) is 5.41 Å². The van der Waals surface area contributed by atoms with Gasteiger partial charge in [0.2, 0.25) is 0 Å². The van der Waals surface area contributed by atoms with Crippen LogP contribution in [0.25, 0.3) is 0 Å². The van der Waals surface area contributed by atoms with Gasteiger partial charge in [-0.25, -0.2) is 4.39 Å². The molecule has 1 atom stereocenters. The summed E-state index contributed by atoms with van der Waals surface area (Å²) in [5.74, 6) is -18.0. The van der Waals surface area contributed by atoms with E-state index in [4.69, 9.17) is 4.55 Å². The Morgan fingerprint density at radius 1 is 0.448 bits per heavy atom. The first-order valence-electron chi connectivity index (χ1n) is 5.68. The third-order valence-electron chi connectivity index (χ3n) is 3.27. The minimum Gasteiger partial charge on any atom is -0.283 e. The van der Waals surface area contributed by atoms with Gasteiger partial charge in [-0.3, -0.25) is 4.55 Å². The molecule has 0 saturated carbocycles. The van der Waals surface area contributed by atoms with Gasteiger partial charge in [-0.1, -0.05) is 0 Å². The molecule has 0 aliphatic heterocycles. The molecule has 176 valence electrons. The molecule has 0 aromatic carbocycles. The average molecular weight is 500 g/mol. The monoisotopic (exact) mass is 500 g/mol. The Labute approximate surface area is 146 Å². The fourth-order valence-corrected chi connectivity index (χ4v) is 3.09. The highest BCUT2D eigenvalue weighted by Crippen LogP contribution is 2.73. The van der Waals surface area contributed by atoms with E-state index >= 15 is 0 Å². The lowest BCUT2D eigenvalue weighted by Gasteiger charge is -2.50. The minimum atomic E-state index is -9.40. The van der Waals surface area contributed by atoms with Crippen molar-refractivity contribution in [1.82, 2.24) is 0 Å². The van der Waals surface area contributed by atoms with Gasteiger partial charge in [-0.2, -0.15) is 78.7 Å². The van der Waals surface area contributed by atoms with Gasteiger partial charge in [-0.15, -0.1) is 0 Å². The molecule has 1 unspecified atom stereocenters. The highest BCUT2D eigenvalue weighted by molar-refractivity contribution is 7.87. The summed E-state index contributed by atoms with van der Waals surface area (Å²) >= 11 is 0. The van der Waals surface area contributed by atoms with Crippen LogP contribution in [0.15, 0.2) is 0 Å². The van der Waals surface area contributed by atoms with Crippen molar-refractivity contribution in [3.05, 3.63) is 0 Å². The van der Waals surface area contributed by atoms with E-state index < -0.39 is 57.1 Å². The van der Waals surface area contributed by atoms with Crippen LogP contribution in [0.3, 0.4) is 0 Å². The minimum absolute atomic E-state index is 7.98. The molecule has 1 N–H and O–H groups in total. The van der Waals surface area contributed by atoms with Crippen LogP contribution in [-0.4, -0.2) is 54.5 Å². The van der Waals surface area contributed by atoms with Gasteiger partial charge in [0.05, 0.1) is 0 Å². The van der Waals surface area contributed by atoms with Crippen molar-refractivity contribution in [3.8, 4) is 0 Å². The number of hydrogen-bond donors (Lipinski definition) is 1. The second-order valence-electron chi connectivity index (χ2n) is 4.96. The van der Waals surface area contributed by atoms with Crippen molar-refractivity contribution in [2.45, 2.75) is 41.6 Å². The molecule has 0 aromatic rings. The molecule has 0 rings (SSSR count). The topological polar surface area (TPSA) is 54.4 Å². The van der Waals surface area contributed by atoms with E-state index in [2.05, 4.69) is 0 Å². The standard InChI is InChI=1S/C8HF17O3S/c9-2(10,3(11,12)7(20,21)22)1(5(14,15)16,6(17,18)19)4(13,8(23,24)25)29(26,27)28/h(H,26,27,28). The van der Waals surface area contributed by atoms with Gasteiger partial charge >= 0.3 is 51.7 Å². The summed E-state index contributed by atoms with van der Waals surface area (Å²) < 4.78 is 247. The molecular weight excluding hydrogens is 499 g/mol. The van der Waals surface area contributed by atoms with Gasteiger partial charge in [0.25, 0.3) is 5.41 Å². The van der Waals surface area contributed by atoms with Gasteiger partial charge in [-0.05, 0) is 0 Å². The smallest absolute Gasteiger partial charge is 0.283 e. The number of rotatable bonds is 4. The van der Waals surface area contributed by atoms with Crippen molar-refractivity contribution < 1.29 is 87.6 Å². The van der Waals surface area contributed by atoms with Crippen LogP contribution in [0.4, 0.5) is 74.6 Å². The van der Waals surface area contributed by atoms with E-state index in [1.807, 2.05) is 0 Å². The summed E-state index contributed by atoms with van der Waals surface area (Å²) in [6.07, 6.45) is -34.5. The lowest BCUT2D eigenvalue weighted by Crippen LogP contribution is -2.81. The predicted octanol–water partition coefficient (Wildman–Crippen LogP) is 5.05. The summed E-state index contributed by atoms with van der Waals surface area (Å²) in [5.41, 5.74) is -9.40. The summed E-state index contributed by atoms with van der Waals surface area (Å²) in [6, 6.07) is 0. The second kappa shape index (κ2) is 6.36. The summed E-state index contributed by atoms with van der Waals surface area (Å²) in [7, 11) is -8.85. The molecule has 0 aliphatic rings. The van der Waals surface area contributed by atoms with Gasteiger partial charge in [0.1, 0.15) is 0 Å². The second-order valence-corrected chi connectivity index (χ2v) is 6.47. The Morgan fingerprint density at radius 2 is 0.724 bits per heavy atom. The molecule has 0 amide bonds. The van der Waals surface area contributed by atoms with Crippen LogP contribution in [0.5, 0.6) is 0 Å². The van der Waals surface area contributed by atoms with E-state index in [0.29, 0.717) is 0 Å². The van der Waals surface area contributed by atoms with Crippen molar-refractivity contribution in [1.29, 1.82) is 0 Å². The quantitative estimate of drug-likeness (QED) is 0.435. The number of alkyl halides is 17. The average Bonchev–Trinajstić information content (AvgIpc) is 2.30. The summed E-state index contributed by atoms with van der Waals surface area (Å²) in [5, 5.41) is -8.89. The molecule has 0 spiro atoms. The van der Waals surface area contributed by atoms with Crippen molar-refractivity contribution in [3.63, 3.8) is 0 Å². The van der Waals surface area contributed by atoms with Crippen molar-refractivity contribution >= 4 is 10.1 Å². The van der Waals surface area contributed by atoms with Gasteiger partial charge in [0, 0.05) is 0 Å². The molecule has 0 radical (unpaired) electrons. The molecule has 29 heavy (non-hydrogen) atoms. The molecule has 0 aromatic heterocycles. The van der Waals surface area contributed by atoms with Crippen LogP contribution in [0, 0.1) is 5.41 Å². The first kappa shape index (κ1) is 27.7. The predicted molar refractivity (Wildman–Crippen MR) is 51.9 cm³/mol. The fraction of sp³-hybridized carbons (Fsp3) is 1.00. The Hall–Kier alpha value is -1.28. The molecule has 0 aliphatic carbocycles. The van der Waals surface area contributed by atoms with Crippen LogP contribution in [-0.2, 0) is 10.1 Å². The molecule has 0 saturated heterocycles. The number of halogens is 17. The maximum absolute atomic E-state index is 13.9. The van der Waals surface area contributed by atoms with E-state index in [0.717, 1.165) is 0 Å². The first-order chi connectivity index (χ1) is 12.0. The maximum atomic E-state index is 13.9. The third-order valence-corrected chi connectivity index (χ3v) is 4.52.